The number of amides is 2. The summed E-state index contributed by atoms with van der Waals surface area (Å²) in [5.41, 5.74) is 2.13. The molecule has 1 unspecified atom stereocenters. The van der Waals surface area contributed by atoms with Crippen LogP contribution in [0.25, 0.3) is 0 Å². The van der Waals surface area contributed by atoms with E-state index in [1.165, 1.54) is 5.56 Å². The average molecular weight is 471 g/mol. The number of hydrogen-bond acceptors (Lipinski definition) is 3. The Kier molecular flexibility index (Phi) is 9.61. The van der Waals surface area contributed by atoms with E-state index < -0.39 is 6.04 Å². The standard InChI is InChI=1S/C27H35ClN2O3/c1-3-25(27(32)29-23-7-4-5-8-23)30(19-21-12-14-22(28)15-13-21)26(31)9-6-18-33-24-16-10-20(2)11-17-24/h10-17,23,25H,3-9,18-19H2,1-2H3,(H,29,32). The molecule has 1 aliphatic carbocycles. The maximum absolute atomic E-state index is 13.3. The predicted molar refractivity (Wildman–Crippen MR) is 132 cm³/mol. The van der Waals surface area contributed by atoms with Gasteiger partial charge >= 0.3 is 0 Å². The van der Waals surface area contributed by atoms with Crippen molar-refractivity contribution in [2.75, 3.05) is 6.61 Å². The fourth-order valence-electron chi connectivity index (χ4n) is 4.27. The summed E-state index contributed by atoms with van der Waals surface area (Å²) in [4.78, 5) is 28.1. The molecule has 3 rings (SSSR count). The van der Waals surface area contributed by atoms with Gasteiger partial charge in [0.1, 0.15) is 11.8 Å². The van der Waals surface area contributed by atoms with Gasteiger partial charge in [0, 0.05) is 24.0 Å². The molecule has 2 amide bonds. The molecule has 0 spiro atoms. The Balaban J connectivity index is 1.63. The number of aryl methyl sites for hydroxylation is 1. The molecule has 1 N–H and O–H groups in total. The molecule has 1 aliphatic rings. The number of ether oxygens (including phenoxy) is 1. The maximum Gasteiger partial charge on any atom is 0.243 e. The van der Waals surface area contributed by atoms with Crippen molar-refractivity contribution >= 4 is 23.4 Å². The normalized spacial score (nSPS) is 14.6. The van der Waals surface area contributed by atoms with Crippen LogP contribution in [-0.4, -0.2) is 35.4 Å². The maximum atomic E-state index is 13.3. The quantitative estimate of drug-likeness (QED) is 0.430. The molecule has 1 atom stereocenters. The van der Waals surface area contributed by atoms with E-state index in [1.54, 1.807) is 4.90 Å². The molecule has 5 nitrogen and oxygen atoms in total. The Morgan fingerprint density at radius 1 is 1.09 bits per heavy atom. The number of carbonyl (C=O) groups is 2. The third-order valence-corrected chi connectivity index (χ3v) is 6.43. The number of nitrogens with one attached hydrogen (secondary N) is 1. The Bertz CT molecular complexity index is 893. The zero-order valence-corrected chi connectivity index (χ0v) is 20.4. The van der Waals surface area contributed by atoms with Crippen LogP contribution in [0.15, 0.2) is 48.5 Å². The Morgan fingerprint density at radius 2 is 1.76 bits per heavy atom. The van der Waals surface area contributed by atoms with Gasteiger partial charge in [-0.2, -0.15) is 0 Å². The van der Waals surface area contributed by atoms with Crippen LogP contribution in [-0.2, 0) is 16.1 Å². The fraction of sp³-hybridized carbons (Fsp3) is 0.481. The van der Waals surface area contributed by atoms with Crippen LogP contribution in [0.4, 0.5) is 0 Å². The minimum atomic E-state index is -0.494. The zero-order valence-electron chi connectivity index (χ0n) is 19.7. The second-order valence-electron chi connectivity index (χ2n) is 8.83. The van der Waals surface area contributed by atoms with Gasteiger partial charge in [0.05, 0.1) is 6.61 Å². The van der Waals surface area contributed by atoms with Crippen LogP contribution in [0.3, 0.4) is 0 Å². The summed E-state index contributed by atoms with van der Waals surface area (Å²) < 4.78 is 5.78. The number of rotatable bonds is 11. The zero-order chi connectivity index (χ0) is 23.6. The van der Waals surface area contributed by atoms with Crippen LogP contribution in [0.2, 0.25) is 5.02 Å². The van der Waals surface area contributed by atoms with Crippen LogP contribution >= 0.6 is 11.6 Å². The van der Waals surface area contributed by atoms with E-state index in [0.717, 1.165) is 37.0 Å². The van der Waals surface area contributed by atoms with Crippen molar-refractivity contribution in [3.8, 4) is 5.75 Å². The van der Waals surface area contributed by atoms with E-state index in [4.69, 9.17) is 16.3 Å². The highest BCUT2D eigenvalue weighted by Gasteiger charge is 2.30. The predicted octanol–water partition coefficient (Wildman–Crippen LogP) is 5.67. The van der Waals surface area contributed by atoms with Gasteiger partial charge in [-0.1, -0.05) is 61.2 Å². The van der Waals surface area contributed by atoms with E-state index >= 15 is 0 Å². The van der Waals surface area contributed by atoms with Gasteiger partial charge in [-0.05, 0) is 62.4 Å². The largest absolute Gasteiger partial charge is 0.494 e. The number of carbonyl (C=O) groups excluding carboxylic acids is 2. The molecule has 178 valence electrons. The van der Waals surface area contributed by atoms with Crippen molar-refractivity contribution in [1.82, 2.24) is 10.2 Å². The molecule has 1 fully saturated rings. The highest BCUT2D eigenvalue weighted by Crippen LogP contribution is 2.20. The van der Waals surface area contributed by atoms with Gasteiger partial charge in [0.15, 0.2) is 0 Å². The van der Waals surface area contributed by atoms with Crippen LogP contribution in [0.5, 0.6) is 5.75 Å². The average Bonchev–Trinajstić information content (AvgIpc) is 3.32. The highest BCUT2D eigenvalue weighted by atomic mass is 35.5. The Morgan fingerprint density at radius 3 is 2.39 bits per heavy atom. The lowest BCUT2D eigenvalue weighted by molar-refractivity contribution is -0.141. The van der Waals surface area contributed by atoms with Gasteiger partial charge in [0.2, 0.25) is 11.8 Å². The summed E-state index contributed by atoms with van der Waals surface area (Å²) in [6.07, 6.45) is 5.81. The highest BCUT2D eigenvalue weighted by molar-refractivity contribution is 6.30. The molecule has 0 bridgehead atoms. The summed E-state index contributed by atoms with van der Waals surface area (Å²) in [7, 11) is 0. The van der Waals surface area contributed by atoms with E-state index in [2.05, 4.69) is 5.32 Å². The van der Waals surface area contributed by atoms with Crippen molar-refractivity contribution in [3.63, 3.8) is 0 Å². The number of nitrogens with zero attached hydrogens (tertiary/aromatic N) is 1. The van der Waals surface area contributed by atoms with Crippen LogP contribution in [0.1, 0.15) is 63.0 Å². The lowest BCUT2D eigenvalue weighted by Gasteiger charge is -2.31. The molecule has 0 saturated heterocycles. The third-order valence-electron chi connectivity index (χ3n) is 6.18. The minimum absolute atomic E-state index is 0.0362. The summed E-state index contributed by atoms with van der Waals surface area (Å²) >= 11 is 6.03. The first-order chi connectivity index (χ1) is 16.0. The van der Waals surface area contributed by atoms with Crippen molar-refractivity contribution in [2.45, 2.75) is 77.4 Å². The minimum Gasteiger partial charge on any atom is -0.494 e. The molecule has 6 heteroatoms. The molecule has 2 aromatic rings. The second-order valence-corrected chi connectivity index (χ2v) is 9.26. The third kappa shape index (κ3) is 7.78. The van der Waals surface area contributed by atoms with E-state index in [9.17, 15) is 9.59 Å². The van der Waals surface area contributed by atoms with E-state index in [0.29, 0.717) is 37.4 Å². The summed E-state index contributed by atoms with van der Waals surface area (Å²) in [5, 5.41) is 3.82. The summed E-state index contributed by atoms with van der Waals surface area (Å²) in [5.74, 6) is 0.710. The molecular formula is C27H35ClN2O3. The van der Waals surface area contributed by atoms with Crippen LogP contribution < -0.4 is 10.1 Å². The number of benzene rings is 2. The van der Waals surface area contributed by atoms with Gasteiger partial charge < -0.3 is 15.0 Å². The topological polar surface area (TPSA) is 58.6 Å². The summed E-state index contributed by atoms with van der Waals surface area (Å²) in [6.45, 7) is 4.83. The van der Waals surface area contributed by atoms with Crippen molar-refractivity contribution in [1.29, 1.82) is 0 Å². The molecular weight excluding hydrogens is 436 g/mol. The first-order valence-corrected chi connectivity index (χ1v) is 12.4. The molecule has 2 aromatic carbocycles. The number of halogens is 1. The van der Waals surface area contributed by atoms with Crippen molar-refractivity contribution in [3.05, 3.63) is 64.7 Å². The lowest BCUT2D eigenvalue weighted by Crippen LogP contribution is -2.50. The molecule has 0 aromatic heterocycles. The van der Waals surface area contributed by atoms with Gasteiger partial charge in [-0.15, -0.1) is 0 Å². The monoisotopic (exact) mass is 470 g/mol. The van der Waals surface area contributed by atoms with Crippen molar-refractivity contribution < 1.29 is 14.3 Å². The molecule has 1 saturated carbocycles. The SMILES string of the molecule is CCC(C(=O)NC1CCCC1)N(Cc1ccc(Cl)cc1)C(=O)CCCOc1ccc(C)cc1. The molecule has 0 radical (unpaired) electrons. The molecule has 33 heavy (non-hydrogen) atoms. The van der Waals surface area contributed by atoms with Gasteiger partial charge in [0.25, 0.3) is 0 Å². The first-order valence-electron chi connectivity index (χ1n) is 12.0. The first kappa shape index (κ1) is 25.1. The van der Waals surface area contributed by atoms with E-state index in [1.807, 2.05) is 62.4 Å². The van der Waals surface area contributed by atoms with Gasteiger partial charge in [-0.3, -0.25) is 9.59 Å². The van der Waals surface area contributed by atoms with Gasteiger partial charge in [-0.25, -0.2) is 0 Å². The summed E-state index contributed by atoms with van der Waals surface area (Å²) in [6, 6.07) is 15.0. The smallest absolute Gasteiger partial charge is 0.243 e. The van der Waals surface area contributed by atoms with E-state index in [-0.39, 0.29) is 17.9 Å². The fourth-order valence-corrected chi connectivity index (χ4v) is 4.39. The van der Waals surface area contributed by atoms with Crippen molar-refractivity contribution in [2.24, 2.45) is 0 Å². The Labute approximate surface area is 202 Å². The second kappa shape index (κ2) is 12.6. The molecule has 0 heterocycles. The van der Waals surface area contributed by atoms with Crippen LogP contribution in [0, 0.1) is 6.92 Å². The molecule has 0 aliphatic heterocycles. The Hall–Kier alpha value is -2.53. The lowest BCUT2D eigenvalue weighted by atomic mass is 10.1. The number of hydrogen-bond donors (Lipinski definition) is 1.